The maximum atomic E-state index is 11.9. The highest BCUT2D eigenvalue weighted by Gasteiger charge is 2.28. The van der Waals surface area contributed by atoms with E-state index in [1.807, 2.05) is 4.72 Å². The fourth-order valence-corrected chi connectivity index (χ4v) is 4.08. The van der Waals surface area contributed by atoms with Gasteiger partial charge in [0, 0.05) is 0 Å². The smallest absolute Gasteiger partial charge is 0.322 e. The predicted molar refractivity (Wildman–Crippen MR) is 68.1 cm³/mol. The highest BCUT2D eigenvalue weighted by atomic mass is 35.5. The van der Waals surface area contributed by atoms with Gasteiger partial charge in [-0.15, -0.1) is 11.3 Å². The summed E-state index contributed by atoms with van der Waals surface area (Å²) in [6, 6.07) is -0.446. The first kappa shape index (κ1) is 15.9. The van der Waals surface area contributed by atoms with Gasteiger partial charge in [0.2, 0.25) is 0 Å². The quantitative estimate of drug-likeness (QED) is 0.714. The van der Waals surface area contributed by atoms with E-state index in [0.29, 0.717) is 5.56 Å². The van der Waals surface area contributed by atoms with Crippen LogP contribution in [0.3, 0.4) is 0 Å². The van der Waals surface area contributed by atoms with Crippen molar-refractivity contribution in [3.8, 4) is 0 Å². The molecule has 0 unspecified atom stereocenters. The van der Waals surface area contributed by atoms with Gasteiger partial charge in [0.25, 0.3) is 10.0 Å². The van der Waals surface area contributed by atoms with Crippen LogP contribution in [0.15, 0.2) is 10.3 Å². The maximum absolute atomic E-state index is 11.9. The molecule has 19 heavy (non-hydrogen) atoms. The summed E-state index contributed by atoms with van der Waals surface area (Å²) in [7, 11) is -4.11. The van der Waals surface area contributed by atoms with E-state index in [1.165, 1.54) is 6.07 Å². The van der Waals surface area contributed by atoms with Gasteiger partial charge in [0.05, 0.1) is 10.8 Å². The fourth-order valence-electron chi connectivity index (χ4n) is 1.16. The molecule has 0 saturated heterocycles. The van der Waals surface area contributed by atoms with Gasteiger partial charge in [0.1, 0.15) is 10.3 Å². The Labute approximate surface area is 117 Å². The third kappa shape index (κ3) is 4.16. The number of hydrogen-bond donors (Lipinski definition) is 3. The second-order valence-electron chi connectivity index (χ2n) is 3.63. The Bertz CT molecular complexity index is 589. The zero-order valence-electron chi connectivity index (χ0n) is 9.58. The average molecular weight is 328 g/mol. The van der Waals surface area contributed by atoms with Crippen molar-refractivity contribution in [2.75, 3.05) is 0 Å². The van der Waals surface area contributed by atoms with Gasteiger partial charge in [-0.2, -0.15) is 4.72 Å². The number of carboxylic acid groups (broad SMARTS) is 2. The second kappa shape index (κ2) is 5.87. The molecule has 0 aliphatic heterocycles. The molecule has 1 atom stereocenters. The van der Waals surface area contributed by atoms with Crippen LogP contribution in [0.5, 0.6) is 0 Å². The fraction of sp³-hybridized carbons (Fsp3) is 0.333. The maximum Gasteiger partial charge on any atom is 0.322 e. The largest absolute Gasteiger partial charge is 0.481 e. The third-order valence-corrected chi connectivity index (χ3v) is 5.57. The molecule has 0 saturated carbocycles. The number of halogens is 1. The van der Waals surface area contributed by atoms with Crippen molar-refractivity contribution in [3.63, 3.8) is 0 Å². The van der Waals surface area contributed by atoms with E-state index in [-0.39, 0.29) is 8.55 Å². The lowest BCUT2D eigenvalue weighted by Gasteiger charge is -2.11. The van der Waals surface area contributed by atoms with Crippen molar-refractivity contribution in [1.82, 2.24) is 4.72 Å². The molecule has 0 bridgehead atoms. The summed E-state index contributed by atoms with van der Waals surface area (Å²) in [4.78, 5) is 21.3. The molecular formula is C9H10ClNO6S2. The number of nitrogens with one attached hydrogen (secondary N) is 1. The Morgan fingerprint density at radius 2 is 2.05 bits per heavy atom. The number of rotatable bonds is 6. The highest BCUT2D eigenvalue weighted by Crippen LogP contribution is 2.30. The number of carboxylic acids is 2. The monoisotopic (exact) mass is 327 g/mol. The number of carbonyl (C=O) groups is 2. The molecule has 0 aliphatic carbocycles. The van der Waals surface area contributed by atoms with Gasteiger partial charge in [-0.1, -0.05) is 11.6 Å². The molecule has 0 spiro atoms. The van der Waals surface area contributed by atoms with Crippen LogP contribution in [0, 0.1) is 6.92 Å². The SMILES string of the molecule is Cc1cc(S(=O)(=O)N[C@H](CC(=O)O)C(=O)O)sc1Cl. The summed E-state index contributed by atoms with van der Waals surface area (Å²) in [6.45, 7) is 1.60. The van der Waals surface area contributed by atoms with Gasteiger partial charge in [-0.25, -0.2) is 8.42 Å². The Balaban J connectivity index is 3.00. The van der Waals surface area contributed by atoms with E-state index in [4.69, 9.17) is 21.8 Å². The van der Waals surface area contributed by atoms with Gasteiger partial charge < -0.3 is 10.2 Å². The molecule has 0 aromatic carbocycles. The molecule has 7 nitrogen and oxygen atoms in total. The lowest BCUT2D eigenvalue weighted by molar-refractivity contribution is -0.145. The Morgan fingerprint density at radius 1 is 1.47 bits per heavy atom. The lowest BCUT2D eigenvalue weighted by Crippen LogP contribution is -2.41. The predicted octanol–water partition coefficient (Wildman–Crippen LogP) is 0.916. The van der Waals surface area contributed by atoms with E-state index in [0.717, 1.165) is 11.3 Å². The minimum atomic E-state index is -4.11. The molecule has 0 aliphatic rings. The molecule has 10 heteroatoms. The lowest BCUT2D eigenvalue weighted by atomic mass is 10.2. The molecule has 1 rings (SSSR count). The molecule has 1 heterocycles. The summed E-state index contributed by atoms with van der Waals surface area (Å²) in [6.07, 6.45) is -0.855. The van der Waals surface area contributed by atoms with Gasteiger partial charge in [0.15, 0.2) is 0 Å². The van der Waals surface area contributed by atoms with Crippen molar-refractivity contribution in [3.05, 3.63) is 16.0 Å². The summed E-state index contributed by atoms with van der Waals surface area (Å²) >= 11 is 6.50. The Hall–Kier alpha value is -1.16. The molecular weight excluding hydrogens is 318 g/mol. The van der Waals surface area contributed by atoms with Crippen LogP contribution in [0.1, 0.15) is 12.0 Å². The number of sulfonamides is 1. The van der Waals surface area contributed by atoms with Crippen LogP contribution >= 0.6 is 22.9 Å². The first-order valence-electron chi connectivity index (χ1n) is 4.86. The van der Waals surface area contributed by atoms with Crippen molar-refractivity contribution >= 4 is 44.9 Å². The van der Waals surface area contributed by atoms with Crippen LogP contribution in [-0.2, 0) is 19.6 Å². The van der Waals surface area contributed by atoms with Crippen LogP contribution in [-0.4, -0.2) is 36.6 Å². The van der Waals surface area contributed by atoms with Crippen molar-refractivity contribution in [2.45, 2.75) is 23.6 Å². The molecule has 3 N–H and O–H groups in total. The first-order chi connectivity index (χ1) is 8.63. The van der Waals surface area contributed by atoms with Crippen LogP contribution in [0.25, 0.3) is 0 Å². The summed E-state index contributed by atoms with van der Waals surface area (Å²) < 4.78 is 25.7. The summed E-state index contributed by atoms with van der Waals surface area (Å²) in [5, 5.41) is 17.3. The van der Waals surface area contributed by atoms with E-state index in [1.54, 1.807) is 6.92 Å². The highest BCUT2D eigenvalue weighted by molar-refractivity contribution is 7.91. The van der Waals surface area contributed by atoms with Crippen LogP contribution < -0.4 is 4.72 Å². The molecule has 106 valence electrons. The Kier molecular flexibility index (Phi) is 4.91. The summed E-state index contributed by atoms with van der Waals surface area (Å²) in [5.74, 6) is -2.99. The van der Waals surface area contributed by atoms with Crippen molar-refractivity contribution < 1.29 is 28.2 Å². The van der Waals surface area contributed by atoms with Gasteiger partial charge in [-0.05, 0) is 18.6 Å². The van der Waals surface area contributed by atoms with E-state index in [2.05, 4.69) is 0 Å². The van der Waals surface area contributed by atoms with Crippen LogP contribution in [0.4, 0.5) is 0 Å². The minimum absolute atomic E-state index is 0.161. The third-order valence-electron chi connectivity index (χ3n) is 2.07. The molecule has 1 aromatic rings. The van der Waals surface area contributed by atoms with Gasteiger partial charge >= 0.3 is 11.9 Å². The zero-order chi connectivity index (χ0) is 14.8. The minimum Gasteiger partial charge on any atom is -0.481 e. The van der Waals surface area contributed by atoms with Crippen molar-refractivity contribution in [2.24, 2.45) is 0 Å². The topological polar surface area (TPSA) is 121 Å². The van der Waals surface area contributed by atoms with Gasteiger partial charge in [-0.3, -0.25) is 9.59 Å². The van der Waals surface area contributed by atoms with Crippen molar-refractivity contribution in [1.29, 1.82) is 0 Å². The normalized spacial score (nSPS) is 13.2. The number of aryl methyl sites for hydroxylation is 1. The second-order valence-corrected chi connectivity index (χ2v) is 7.23. The number of aliphatic carboxylic acids is 2. The first-order valence-corrected chi connectivity index (χ1v) is 7.54. The number of thiophene rings is 1. The molecule has 0 fully saturated rings. The van der Waals surface area contributed by atoms with E-state index < -0.39 is 34.4 Å². The molecule has 0 radical (unpaired) electrons. The summed E-state index contributed by atoms with van der Waals surface area (Å²) in [5.41, 5.74) is 0.539. The standard InChI is InChI=1S/C9H10ClNO6S2/c1-4-2-7(18-8(4)10)19(16,17)11-5(9(14)15)3-6(12)13/h2,5,11H,3H2,1H3,(H,12,13)(H,14,15)/t5-/m1/s1. The van der Waals surface area contributed by atoms with E-state index in [9.17, 15) is 18.0 Å². The Morgan fingerprint density at radius 3 is 2.42 bits per heavy atom. The van der Waals surface area contributed by atoms with Crippen LogP contribution in [0.2, 0.25) is 4.34 Å². The molecule has 1 aromatic heterocycles. The zero-order valence-corrected chi connectivity index (χ0v) is 12.0. The molecule has 0 amide bonds. The number of hydrogen-bond acceptors (Lipinski definition) is 5. The average Bonchev–Trinajstić information content (AvgIpc) is 2.58. The van der Waals surface area contributed by atoms with E-state index >= 15 is 0 Å².